The zero-order valence-electron chi connectivity index (χ0n) is 17.0. The van der Waals surface area contributed by atoms with Crippen LogP contribution in [-0.4, -0.2) is 43.3 Å². The number of benzene rings is 2. The Labute approximate surface area is 176 Å². The van der Waals surface area contributed by atoms with E-state index in [2.05, 4.69) is 29.6 Å². The second kappa shape index (κ2) is 8.62. The van der Waals surface area contributed by atoms with Gasteiger partial charge in [0.05, 0.1) is 36.9 Å². The predicted molar refractivity (Wildman–Crippen MR) is 117 cm³/mol. The number of hydrogen-bond donors (Lipinski definition) is 1. The summed E-state index contributed by atoms with van der Waals surface area (Å²) in [5, 5.41) is 5.34. The number of hydrogen-bond acceptors (Lipinski definition) is 5. The quantitative estimate of drug-likeness (QED) is 0.627. The molecule has 1 aliphatic heterocycles. The molecule has 0 unspecified atom stereocenters. The van der Waals surface area contributed by atoms with Crippen LogP contribution in [0.25, 0.3) is 10.8 Å². The first-order valence-corrected chi connectivity index (χ1v) is 12.0. The number of carbonyl (C=O) groups excluding carboxylic acids is 1. The molecule has 1 amide bonds. The van der Waals surface area contributed by atoms with E-state index in [1.165, 1.54) is 0 Å². The summed E-state index contributed by atoms with van der Waals surface area (Å²) in [6.07, 6.45) is 2.12. The molecule has 2 atom stereocenters. The SMILES string of the molecule is C[C@@H](NC(=O)CN(Cc1ccco1)[C@H]1CCS(=O)(=O)C1)c1ccc2ccccc2c1. The summed E-state index contributed by atoms with van der Waals surface area (Å²) >= 11 is 0. The first kappa shape index (κ1) is 20.6. The van der Waals surface area contributed by atoms with Gasteiger partial charge in [-0.1, -0.05) is 36.4 Å². The first-order valence-electron chi connectivity index (χ1n) is 10.1. The maximum Gasteiger partial charge on any atom is 0.234 e. The number of amides is 1. The fraction of sp³-hybridized carbons (Fsp3) is 0.348. The fourth-order valence-corrected chi connectivity index (χ4v) is 5.77. The molecule has 0 spiro atoms. The molecule has 1 aliphatic rings. The highest BCUT2D eigenvalue weighted by Gasteiger charge is 2.33. The van der Waals surface area contributed by atoms with E-state index in [0.29, 0.717) is 13.0 Å². The molecular weight excluding hydrogens is 400 g/mol. The molecule has 1 fully saturated rings. The highest BCUT2D eigenvalue weighted by Crippen LogP contribution is 2.22. The lowest BCUT2D eigenvalue weighted by Gasteiger charge is -2.27. The molecule has 0 radical (unpaired) electrons. The molecular formula is C23H26N2O4S. The van der Waals surface area contributed by atoms with Crippen LogP contribution in [0, 0.1) is 0 Å². The lowest BCUT2D eigenvalue weighted by Crippen LogP contribution is -2.43. The van der Waals surface area contributed by atoms with Crippen molar-refractivity contribution in [1.29, 1.82) is 0 Å². The van der Waals surface area contributed by atoms with Crippen LogP contribution in [0.2, 0.25) is 0 Å². The molecule has 1 saturated heterocycles. The third kappa shape index (κ3) is 4.91. The maximum atomic E-state index is 12.8. The third-order valence-corrected chi connectivity index (χ3v) is 7.41. The zero-order valence-corrected chi connectivity index (χ0v) is 17.8. The van der Waals surface area contributed by atoms with Gasteiger partial charge < -0.3 is 9.73 Å². The highest BCUT2D eigenvalue weighted by atomic mass is 32.2. The van der Waals surface area contributed by atoms with Crippen molar-refractivity contribution in [1.82, 2.24) is 10.2 Å². The van der Waals surface area contributed by atoms with E-state index in [9.17, 15) is 13.2 Å². The molecule has 1 N–H and O–H groups in total. The smallest absolute Gasteiger partial charge is 0.234 e. The van der Waals surface area contributed by atoms with Crippen molar-refractivity contribution < 1.29 is 17.6 Å². The summed E-state index contributed by atoms with van der Waals surface area (Å²) in [6.45, 7) is 2.49. The highest BCUT2D eigenvalue weighted by molar-refractivity contribution is 7.91. The van der Waals surface area contributed by atoms with E-state index < -0.39 is 9.84 Å². The topological polar surface area (TPSA) is 79.6 Å². The number of fused-ring (bicyclic) bond motifs is 1. The lowest BCUT2D eigenvalue weighted by atomic mass is 10.0. The zero-order chi connectivity index (χ0) is 21.1. The van der Waals surface area contributed by atoms with Crippen LogP contribution >= 0.6 is 0 Å². The first-order chi connectivity index (χ1) is 14.4. The van der Waals surface area contributed by atoms with Crippen LogP contribution in [0.1, 0.15) is 30.7 Å². The van der Waals surface area contributed by atoms with Crippen molar-refractivity contribution in [3.8, 4) is 0 Å². The van der Waals surface area contributed by atoms with Crippen LogP contribution in [0.4, 0.5) is 0 Å². The minimum atomic E-state index is -3.05. The van der Waals surface area contributed by atoms with Crippen molar-refractivity contribution in [2.75, 3.05) is 18.1 Å². The summed E-state index contributed by atoms with van der Waals surface area (Å²) in [5.41, 5.74) is 1.03. The summed E-state index contributed by atoms with van der Waals surface area (Å²) in [6, 6.07) is 17.6. The molecule has 2 heterocycles. The summed E-state index contributed by atoms with van der Waals surface area (Å²) in [5.74, 6) is 0.837. The van der Waals surface area contributed by atoms with Crippen molar-refractivity contribution in [3.05, 3.63) is 72.2 Å². The Morgan fingerprint density at radius 1 is 1.17 bits per heavy atom. The number of nitrogens with one attached hydrogen (secondary N) is 1. The average molecular weight is 427 g/mol. The fourth-order valence-electron chi connectivity index (χ4n) is 4.01. The van der Waals surface area contributed by atoms with Crippen LogP contribution in [-0.2, 0) is 21.2 Å². The van der Waals surface area contributed by atoms with Crippen molar-refractivity contribution >= 4 is 26.5 Å². The van der Waals surface area contributed by atoms with Gasteiger partial charge in [0, 0.05) is 6.04 Å². The Kier molecular flexibility index (Phi) is 5.92. The minimum Gasteiger partial charge on any atom is -0.468 e. The van der Waals surface area contributed by atoms with Crippen molar-refractivity contribution in [2.45, 2.75) is 32.0 Å². The Hall–Kier alpha value is -2.64. The monoisotopic (exact) mass is 426 g/mol. The van der Waals surface area contributed by atoms with Crippen molar-refractivity contribution in [2.24, 2.45) is 0 Å². The number of furan rings is 1. The predicted octanol–water partition coefficient (Wildman–Crippen LogP) is 3.30. The van der Waals surface area contributed by atoms with Crippen LogP contribution < -0.4 is 5.32 Å². The van der Waals surface area contributed by atoms with Gasteiger partial charge in [0.2, 0.25) is 5.91 Å². The van der Waals surface area contributed by atoms with Gasteiger partial charge in [-0.25, -0.2) is 8.42 Å². The summed E-state index contributed by atoms with van der Waals surface area (Å²) in [7, 11) is -3.05. The molecule has 0 aliphatic carbocycles. The van der Waals surface area contributed by atoms with Gasteiger partial charge >= 0.3 is 0 Å². The molecule has 4 rings (SSSR count). The second-order valence-electron chi connectivity index (χ2n) is 7.94. The maximum absolute atomic E-state index is 12.8. The van der Waals surface area contributed by atoms with E-state index in [1.807, 2.05) is 36.1 Å². The Balaban J connectivity index is 1.44. The Morgan fingerprint density at radius 3 is 2.67 bits per heavy atom. The molecule has 0 bridgehead atoms. The number of sulfone groups is 1. The third-order valence-electron chi connectivity index (χ3n) is 5.66. The second-order valence-corrected chi connectivity index (χ2v) is 10.2. The standard InChI is InChI=1S/C23H26N2O4S/c1-17(19-9-8-18-5-2-3-6-20(18)13-19)24-23(26)15-25(14-22-7-4-11-29-22)21-10-12-30(27,28)16-21/h2-9,11,13,17,21H,10,12,14-16H2,1H3,(H,24,26)/t17-,21+/m1/s1. The van der Waals surface area contributed by atoms with Gasteiger partial charge in [-0.3, -0.25) is 9.69 Å². The Morgan fingerprint density at radius 2 is 1.97 bits per heavy atom. The van der Waals surface area contributed by atoms with Gasteiger partial charge in [-0.05, 0) is 47.9 Å². The molecule has 6 nitrogen and oxygen atoms in total. The summed E-state index contributed by atoms with van der Waals surface area (Å²) in [4.78, 5) is 14.7. The number of carbonyl (C=O) groups is 1. The van der Waals surface area contributed by atoms with Crippen LogP contribution in [0.15, 0.2) is 65.3 Å². The van der Waals surface area contributed by atoms with Crippen molar-refractivity contribution in [3.63, 3.8) is 0 Å². The van der Waals surface area contributed by atoms with Crippen LogP contribution in [0.3, 0.4) is 0 Å². The van der Waals surface area contributed by atoms with E-state index in [4.69, 9.17) is 4.42 Å². The summed E-state index contributed by atoms with van der Waals surface area (Å²) < 4.78 is 29.3. The van der Waals surface area contributed by atoms with Gasteiger partial charge in [0.1, 0.15) is 5.76 Å². The molecule has 1 aromatic heterocycles. The average Bonchev–Trinajstić information content (AvgIpc) is 3.36. The van der Waals surface area contributed by atoms with E-state index in [0.717, 1.165) is 22.1 Å². The molecule has 2 aromatic carbocycles. The van der Waals surface area contributed by atoms with Crippen LogP contribution in [0.5, 0.6) is 0 Å². The lowest BCUT2D eigenvalue weighted by molar-refractivity contribution is -0.123. The van der Waals surface area contributed by atoms with Gasteiger partial charge in [0.15, 0.2) is 9.84 Å². The largest absolute Gasteiger partial charge is 0.468 e. The van der Waals surface area contributed by atoms with E-state index >= 15 is 0 Å². The van der Waals surface area contributed by atoms with Gasteiger partial charge in [-0.2, -0.15) is 0 Å². The number of rotatable bonds is 7. The minimum absolute atomic E-state index is 0.0845. The molecule has 7 heteroatoms. The van der Waals surface area contributed by atoms with E-state index in [-0.39, 0.29) is 36.0 Å². The van der Waals surface area contributed by atoms with Gasteiger partial charge in [0.25, 0.3) is 0 Å². The molecule has 30 heavy (non-hydrogen) atoms. The van der Waals surface area contributed by atoms with Gasteiger partial charge in [-0.15, -0.1) is 0 Å². The molecule has 158 valence electrons. The molecule has 3 aromatic rings. The van der Waals surface area contributed by atoms with E-state index in [1.54, 1.807) is 12.3 Å². The Bertz CT molecular complexity index is 1130. The normalized spacial score (nSPS) is 19.2. The molecule has 0 saturated carbocycles. The number of nitrogens with zero attached hydrogens (tertiary/aromatic N) is 1.